The van der Waals surface area contributed by atoms with Gasteiger partial charge in [-0.3, -0.25) is 0 Å². The van der Waals surface area contributed by atoms with Gasteiger partial charge in [-0.1, -0.05) is 41.4 Å². The molecule has 3 aromatic rings. The van der Waals surface area contributed by atoms with Gasteiger partial charge in [0.25, 0.3) is 0 Å². The highest BCUT2D eigenvalue weighted by Gasteiger charge is 2.29. The minimum Gasteiger partial charge on any atom is -0.489 e. The van der Waals surface area contributed by atoms with E-state index in [1.807, 2.05) is 50.3 Å². The van der Waals surface area contributed by atoms with Gasteiger partial charge in [0.05, 0.1) is 16.8 Å². The summed E-state index contributed by atoms with van der Waals surface area (Å²) in [7, 11) is 0. The minimum absolute atomic E-state index is 0.137. The molecule has 2 N–H and O–H groups in total. The van der Waals surface area contributed by atoms with E-state index in [2.05, 4.69) is 17.1 Å². The molecule has 0 spiro atoms. The first-order valence-corrected chi connectivity index (χ1v) is 10.8. The lowest BCUT2D eigenvalue weighted by Crippen LogP contribution is -2.03. The number of nitriles is 2. The summed E-state index contributed by atoms with van der Waals surface area (Å²) in [5.41, 5.74) is 12.2. The molecule has 0 fully saturated rings. The lowest BCUT2D eigenvalue weighted by Gasteiger charge is -2.11. The second-order valence-electron chi connectivity index (χ2n) is 7.60. The van der Waals surface area contributed by atoms with Gasteiger partial charge in [0.15, 0.2) is 0 Å². The zero-order valence-corrected chi connectivity index (χ0v) is 19.4. The van der Waals surface area contributed by atoms with Gasteiger partial charge in [0, 0.05) is 21.2 Å². The summed E-state index contributed by atoms with van der Waals surface area (Å²) in [5, 5.41) is 20.3. The molecule has 1 aromatic heterocycles. The summed E-state index contributed by atoms with van der Waals surface area (Å²) in [4.78, 5) is 4.35. The maximum absolute atomic E-state index is 9.69. The molecule has 0 unspecified atom stereocenters. The van der Waals surface area contributed by atoms with Crippen LogP contribution in [0.25, 0.3) is 17.2 Å². The van der Waals surface area contributed by atoms with Crippen molar-refractivity contribution in [3.8, 4) is 17.9 Å². The predicted molar refractivity (Wildman–Crippen MR) is 131 cm³/mol. The normalized spacial score (nSPS) is 13.6. The number of fused-ring (bicyclic) bond motifs is 1. The van der Waals surface area contributed by atoms with Gasteiger partial charge in [0.2, 0.25) is 0 Å². The van der Waals surface area contributed by atoms with Crippen LogP contribution in [-0.4, -0.2) is 4.98 Å². The maximum atomic E-state index is 9.69. The van der Waals surface area contributed by atoms with E-state index in [1.54, 1.807) is 12.1 Å². The van der Waals surface area contributed by atoms with Gasteiger partial charge in [0.1, 0.15) is 30.3 Å². The van der Waals surface area contributed by atoms with Gasteiger partial charge in [-0.25, -0.2) is 4.98 Å². The summed E-state index contributed by atoms with van der Waals surface area (Å²) in [6, 6.07) is 17.2. The molecule has 1 heterocycles. The molecule has 0 atom stereocenters. The van der Waals surface area contributed by atoms with E-state index in [-0.39, 0.29) is 5.82 Å². The monoisotopic (exact) mass is 472 g/mol. The van der Waals surface area contributed by atoms with Crippen LogP contribution in [0.15, 0.2) is 48.0 Å². The Balaban J connectivity index is 1.64. The van der Waals surface area contributed by atoms with Crippen LogP contribution in [0.3, 0.4) is 0 Å². The largest absolute Gasteiger partial charge is 0.489 e. The van der Waals surface area contributed by atoms with Gasteiger partial charge in [-0.15, -0.1) is 0 Å². The Kier molecular flexibility index (Phi) is 6.11. The number of nitrogens with zero attached hydrogens (tertiary/aromatic N) is 3. The van der Waals surface area contributed by atoms with E-state index in [1.165, 1.54) is 0 Å². The fourth-order valence-corrected chi connectivity index (χ4v) is 4.29. The van der Waals surface area contributed by atoms with Crippen LogP contribution in [0.4, 0.5) is 5.82 Å². The fraction of sp³-hybridized carbons (Fsp3) is 0.115. The van der Waals surface area contributed by atoms with Crippen molar-refractivity contribution in [1.82, 2.24) is 4.98 Å². The van der Waals surface area contributed by atoms with Gasteiger partial charge in [-0.2, -0.15) is 10.5 Å². The van der Waals surface area contributed by atoms with Crippen LogP contribution in [0.5, 0.6) is 5.75 Å². The number of nitrogens with two attached hydrogens (primary N) is 1. The highest BCUT2D eigenvalue weighted by Crippen LogP contribution is 2.44. The first-order valence-electron chi connectivity index (χ1n) is 10.0. The highest BCUT2D eigenvalue weighted by molar-refractivity contribution is 6.35. The molecule has 0 saturated heterocycles. The van der Waals surface area contributed by atoms with Crippen LogP contribution in [-0.2, 0) is 6.61 Å². The van der Waals surface area contributed by atoms with Crippen molar-refractivity contribution in [2.24, 2.45) is 0 Å². The second-order valence-corrected chi connectivity index (χ2v) is 8.44. The molecule has 0 saturated carbocycles. The van der Waals surface area contributed by atoms with Crippen molar-refractivity contribution in [3.05, 3.63) is 91.6 Å². The highest BCUT2D eigenvalue weighted by atomic mass is 35.5. The Bertz CT molecular complexity index is 1420. The number of benzene rings is 2. The number of pyridine rings is 1. The van der Waals surface area contributed by atoms with E-state index in [0.29, 0.717) is 39.2 Å². The molecule has 7 heteroatoms. The zero-order valence-electron chi connectivity index (χ0n) is 17.9. The first-order chi connectivity index (χ1) is 15.8. The summed E-state index contributed by atoms with van der Waals surface area (Å²) in [5.74, 6) is 0.829. The van der Waals surface area contributed by atoms with E-state index in [4.69, 9.17) is 33.7 Å². The standard InChI is InChI=1S/C26H18Cl2N4O/c1-14-20(24-15(2)22(12-30)26(31)32-25(24)21(14)11-29)9-16-3-7-19(8-4-16)33-13-17-5-6-18(27)10-23(17)28/h3-10H,13H2,1-2H3,(H2,31,32). The Morgan fingerprint density at radius 1 is 1.06 bits per heavy atom. The molecule has 0 amide bonds. The molecular weight excluding hydrogens is 455 g/mol. The van der Waals surface area contributed by atoms with Crippen molar-refractivity contribution in [2.45, 2.75) is 20.5 Å². The zero-order chi connectivity index (χ0) is 23.7. The van der Waals surface area contributed by atoms with Crippen LogP contribution in [0.1, 0.15) is 40.4 Å². The Morgan fingerprint density at radius 2 is 1.79 bits per heavy atom. The molecule has 4 rings (SSSR count). The molecule has 2 aromatic carbocycles. The Labute approximate surface area is 202 Å². The van der Waals surface area contributed by atoms with Crippen molar-refractivity contribution in [3.63, 3.8) is 0 Å². The smallest absolute Gasteiger partial charge is 0.142 e. The molecule has 0 bridgehead atoms. The van der Waals surface area contributed by atoms with Crippen LogP contribution in [0.2, 0.25) is 10.0 Å². The van der Waals surface area contributed by atoms with Crippen molar-refractivity contribution >= 4 is 46.2 Å². The Hall–Kier alpha value is -3.77. The molecule has 0 radical (unpaired) electrons. The molecule has 162 valence electrons. The molecule has 0 aliphatic heterocycles. The first kappa shape index (κ1) is 22.4. The van der Waals surface area contributed by atoms with E-state index >= 15 is 0 Å². The SMILES string of the molecule is CC1=C(C#N)c2nc(N)c(C#N)c(C)c2C1=Cc1ccc(OCc2ccc(Cl)cc2Cl)cc1. The molecule has 5 nitrogen and oxygen atoms in total. The number of allylic oxidation sites excluding steroid dienone is 3. The van der Waals surface area contributed by atoms with E-state index < -0.39 is 0 Å². The van der Waals surface area contributed by atoms with Crippen molar-refractivity contribution in [2.75, 3.05) is 5.73 Å². The number of hydrogen-bond donors (Lipinski definition) is 1. The van der Waals surface area contributed by atoms with Crippen LogP contribution in [0, 0.1) is 29.6 Å². The number of halogens is 2. The number of anilines is 1. The van der Waals surface area contributed by atoms with Gasteiger partial charge < -0.3 is 10.5 Å². The number of hydrogen-bond acceptors (Lipinski definition) is 5. The summed E-state index contributed by atoms with van der Waals surface area (Å²) in [6.45, 7) is 4.02. The molecule has 1 aliphatic rings. The van der Waals surface area contributed by atoms with Crippen molar-refractivity contribution < 1.29 is 4.74 Å². The minimum atomic E-state index is 0.137. The number of nitrogen functional groups attached to an aromatic ring is 1. The fourth-order valence-electron chi connectivity index (χ4n) is 3.82. The maximum Gasteiger partial charge on any atom is 0.142 e. The Morgan fingerprint density at radius 3 is 2.42 bits per heavy atom. The second kappa shape index (κ2) is 9.00. The summed E-state index contributed by atoms with van der Waals surface area (Å²) >= 11 is 12.1. The lowest BCUT2D eigenvalue weighted by atomic mass is 9.95. The number of aromatic nitrogens is 1. The third-order valence-corrected chi connectivity index (χ3v) is 6.17. The average molecular weight is 473 g/mol. The summed E-state index contributed by atoms with van der Waals surface area (Å²) < 4.78 is 5.85. The molecular formula is C26H18Cl2N4O. The average Bonchev–Trinajstić information content (AvgIpc) is 3.05. The van der Waals surface area contributed by atoms with Crippen LogP contribution >= 0.6 is 23.2 Å². The van der Waals surface area contributed by atoms with Gasteiger partial charge >= 0.3 is 0 Å². The topological polar surface area (TPSA) is 95.7 Å². The third-order valence-electron chi connectivity index (χ3n) is 5.58. The lowest BCUT2D eigenvalue weighted by molar-refractivity contribution is 0.306. The van der Waals surface area contributed by atoms with Crippen molar-refractivity contribution in [1.29, 1.82) is 10.5 Å². The number of rotatable bonds is 4. The van der Waals surface area contributed by atoms with E-state index in [0.717, 1.165) is 33.4 Å². The van der Waals surface area contributed by atoms with Gasteiger partial charge in [-0.05, 0) is 66.5 Å². The van der Waals surface area contributed by atoms with Crippen LogP contribution < -0.4 is 10.5 Å². The third kappa shape index (κ3) is 4.17. The summed E-state index contributed by atoms with van der Waals surface area (Å²) in [6.07, 6.45) is 1.98. The molecule has 33 heavy (non-hydrogen) atoms. The predicted octanol–water partition coefficient (Wildman–Crippen LogP) is 6.58. The quantitative estimate of drug-likeness (QED) is 0.462. The number of ether oxygens (including phenoxy) is 1. The van der Waals surface area contributed by atoms with E-state index in [9.17, 15) is 10.5 Å². The molecule has 1 aliphatic carbocycles.